The maximum atomic E-state index is 16.3. The first-order valence-electron chi connectivity index (χ1n) is 13.9. The number of carbonyl (C=O) groups is 1. The number of pyridine rings is 1. The van der Waals surface area contributed by atoms with E-state index in [4.69, 9.17) is 14.2 Å². The van der Waals surface area contributed by atoms with Crippen LogP contribution in [0.1, 0.15) is 78.2 Å². The molecule has 9 heteroatoms. The van der Waals surface area contributed by atoms with Gasteiger partial charge in [-0.1, -0.05) is 0 Å². The van der Waals surface area contributed by atoms with Gasteiger partial charge in [0.25, 0.3) is 17.3 Å². The number of nitrogens with one attached hydrogen (secondary N) is 1. The second-order valence-electron chi connectivity index (χ2n) is 12.3. The fourth-order valence-corrected chi connectivity index (χ4v) is 7.05. The monoisotopic (exact) mass is 539 g/mol. The third-order valence-corrected chi connectivity index (χ3v) is 9.55. The summed E-state index contributed by atoms with van der Waals surface area (Å²) in [6.07, 6.45) is 5.47. The predicted octanol–water partition coefficient (Wildman–Crippen LogP) is 4.43. The van der Waals surface area contributed by atoms with Crippen LogP contribution >= 0.6 is 0 Å². The highest BCUT2D eigenvalue weighted by molar-refractivity contribution is 6.00. The lowest BCUT2D eigenvalue weighted by molar-refractivity contribution is -0.124. The zero-order chi connectivity index (χ0) is 27.9. The zero-order valence-corrected chi connectivity index (χ0v) is 23.7. The van der Waals surface area contributed by atoms with E-state index >= 15 is 4.39 Å². The summed E-state index contributed by atoms with van der Waals surface area (Å²) in [4.78, 5) is 33.5. The standard InChI is InChI=1S/C30H38FN3O5/c1-16-13-21(37-6)20(27(35)32-16)14-34-15-30(11-12-30)23-22(28(34)36)17(2)25-26(24(23)31)39-29(3,38-25)18-7-9-19(10-8-18)33(4)5/h13,18-19H,7-12,14-15H2,1-6H3,(H,32,35)/t18?,19?,29-/m1/s1. The summed E-state index contributed by atoms with van der Waals surface area (Å²) in [5.74, 6) is -0.697. The first kappa shape index (κ1) is 26.2. The van der Waals surface area contributed by atoms with Crippen LogP contribution in [0.5, 0.6) is 17.2 Å². The largest absolute Gasteiger partial charge is 0.496 e. The number of rotatable bonds is 5. The van der Waals surface area contributed by atoms with Crippen LogP contribution in [0, 0.1) is 25.6 Å². The van der Waals surface area contributed by atoms with Crippen molar-refractivity contribution in [3.8, 4) is 17.2 Å². The first-order valence-corrected chi connectivity index (χ1v) is 13.9. The van der Waals surface area contributed by atoms with Crippen LogP contribution < -0.4 is 19.8 Å². The van der Waals surface area contributed by atoms with Gasteiger partial charge < -0.3 is 29.0 Å². The van der Waals surface area contributed by atoms with E-state index in [9.17, 15) is 9.59 Å². The molecule has 2 aromatic rings. The molecule has 6 rings (SSSR count). The van der Waals surface area contributed by atoms with Crippen LogP contribution in [0.25, 0.3) is 0 Å². The van der Waals surface area contributed by atoms with Crippen LogP contribution in [-0.2, 0) is 12.0 Å². The SMILES string of the molecule is COc1cc(C)[nH]c(=O)c1CN1CC2(CC2)c2c(F)c3c(c(C)c2C1=O)O[C@@](C)(C1CCC(N(C)C)CC1)O3. The summed E-state index contributed by atoms with van der Waals surface area (Å²) in [6, 6.07) is 2.28. The number of hydrogen-bond donors (Lipinski definition) is 1. The van der Waals surface area contributed by atoms with E-state index in [-0.39, 0.29) is 29.7 Å². The van der Waals surface area contributed by atoms with Gasteiger partial charge in [-0.05, 0) is 72.5 Å². The van der Waals surface area contributed by atoms with Crippen molar-refractivity contribution in [2.24, 2.45) is 5.92 Å². The number of ether oxygens (including phenoxy) is 3. The highest BCUT2D eigenvalue weighted by Gasteiger charge is 2.57. The first-order chi connectivity index (χ1) is 18.5. The second-order valence-corrected chi connectivity index (χ2v) is 12.3. The average molecular weight is 540 g/mol. The molecule has 1 aromatic heterocycles. The third-order valence-electron chi connectivity index (χ3n) is 9.55. The summed E-state index contributed by atoms with van der Waals surface area (Å²) in [7, 11) is 5.72. The van der Waals surface area contributed by atoms with E-state index in [1.807, 2.05) is 13.8 Å². The molecule has 0 bridgehead atoms. The Kier molecular flexibility index (Phi) is 6.02. The fraction of sp³-hybridized carbons (Fsp3) is 0.600. The maximum absolute atomic E-state index is 16.3. The lowest BCUT2D eigenvalue weighted by Gasteiger charge is -2.39. The Morgan fingerprint density at radius 1 is 1.13 bits per heavy atom. The fourth-order valence-electron chi connectivity index (χ4n) is 7.05. The number of aromatic nitrogens is 1. The van der Waals surface area contributed by atoms with Crippen LogP contribution in [-0.4, -0.2) is 60.3 Å². The molecule has 2 fully saturated rings. The number of benzene rings is 1. The predicted molar refractivity (Wildman–Crippen MR) is 144 cm³/mol. The molecule has 0 radical (unpaired) electrons. The van der Waals surface area contributed by atoms with Gasteiger partial charge in [-0.25, -0.2) is 4.39 Å². The molecule has 8 nitrogen and oxygen atoms in total. The Morgan fingerprint density at radius 2 is 1.79 bits per heavy atom. The van der Waals surface area contributed by atoms with E-state index in [1.165, 1.54) is 7.11 Å². The van der Waals surface area contributed by atoms with E-state index in [0.29, 0.717) is 52.0 Å². The Balaban J connectivity index is 1.35. The summed E-state index contributed by atoms with van der Waals surface area (Å²) >= 11 is 0. The number of aromatic amines is 1. The number of methoxy groups -OCH3 is 1. The van der Waals surface area contributed by atoms with Crippen LogP contribution in [0.2, 0.25) is 0 Å². The molecule has 3 heterocycles. The molecule has 0 unspecified atom stereocenters. The van der Waals surface area contributed by atoms with E-state index in [1.54, 1.807) is 17.9 Å². The number of H-pyrrole nitrogens is 1. The van der Waals surface area contributed by atoms with Gasteiger partial charge in [-0.3, -0.25) is 9.59 Å². The van der Waals surface area contributed by atoms with Gasteiger partial charge in [-0.2, -0.15) is 0 Å². The number of aryl methyl sites for hydroxylation is 1. The maximum Gasteiger partial charge on any atom is 0.256 e. The van der Waals surface area contributed by atoms with Gasteiger partial charge in [0.15, 0.2) is 11.6 Å². The van der Waals surface area contributed by atoms with Crippen molar-refractivity contribution in [3.05, 3.63) is 50.2 Å². The van der Waals surface area contributed by atoms with Crippen molar-refractivity contribution in [2.45, 2.75) is 83.1 Å². The van der Waals surface area contributed by atoms with E-state index in [0.717, 1.165) is 38.5 Å². The average Bonchev–Trinajstić information content (AvgIpc) is 3.56. The summed E-state index contributed by atoms with van der Waals surface area (Å²) in [5.41, 5.74) is 1.70. The number of carbonyl (C=O) groups excluding carboxylic acids is 1. The highest BCUT2D eigenvalue weighted by atomic mass is 19.1. The molecule has 1 atom stereocenters. The quantitative estimate of drug-likeness (QED) is 0.605. The van der Waals surface area contributed by atoms with Crippen LogP contribution in [0.4, 0.5) is 4.39 Å². The minimum atomic E-state index is -0.975. The van der Waals surface area contributed by atoms with Crippen molar-refractivity contribution in [2.75, 3.05) is 27.7 Å². The van der Waals surface area contributed by atoms with Gasteiger partial charge in [-0.15, -0.1) is 0 Å². The Labute approximate surface area is 228 Å². The molecule has 4 aliphatic rings. The number of hydrogen-bond acceptors (Lipinski definition) is 6. The molecule has 1 N–H and O–H groups in total. The van der Waals surface area contributed by atoms with Gasteiger partial charge in [0.05, 0.1) is 24.8 Å². The van der Waals surface area contributed by atoms with Crippen molar-refractivity contribution in [1.82, 2.24) is 14.8 Å². The van der Waals surface area contributed by atoms with Crippen LogP contribution in [0.15, 0.2) is 10.9 Å². The van der Waals surface area contributed by atoms with Gasteiger partial charge >= 0.3 is 0 Å². The smallest absolute Gasteiger partial charge is 0.256 e. The molecule has 1 amide bonds. The molecule has 0 saturated heterocycles. The van der Waals surface area contributed by atoms with Crippen molar-refractivity contribution >= 4 is 5.91 Å². The molecule has 1 aromatic carbocycles. The van der Waals surface area contributed by atoms with E-state index in [2.05, 4.69) is 24.0 Å². The minimum Gasteiger partial charge on any atom is -0.496 e. The minimum absolute atomic E-state index is 0.0845. The van der Waals surface area contributed by atoms with Gasteiger partial charge in [0.1, 0.15) is 5.75 Å². The second kappa shape index (κ2) is 8.98. The number of fused-ring (bicyclic) bond motifs is 3. The van der Waals surface area contributed by atoms with Crippen LogP contribution in [0.3, 0.4) is 0 Å². The molecular weight excluding hydrogens is 501 g/mol. The third kappa shape index (κ3) is 4.03. The van der Waals surface area contributed by atoms with Crippen molar-refractivity contribution in [3.63, 3.8) is 0 Å². The van der Waals surface area contributed by atoms with Crippen molar-refractivity contribution < 1.29 is 23.4 Å². The highest BCUT2D eigenvalue weighted by Crippen LogP contribution is 2.59. The Hall–Kier alpha value is -3.07. The molecule has 39 heavy (non-hydrogen) atoms. The topological polar surface area (TPSA) is 84.1 Å². The lowest BCUT2D eigenvalue weighted by atomic mass is 9.81. The van der Waals surface area contributed by atoms with E-state index < -0.39 is 17.0 Å². The summed E-state index contributed by atoms with van der Waals surface area (Å²) in [6.45, 7) is 5.94. The Bertz CT molecular complexity index is 1410. The molecule has 2 saturated carbocycles. The van der Waals surface area contributed by atoms with Crippen molar-refractivity contribution in [1.29, 1.82) is 0 Å². The zero-order valence-electron chi connectivity index (χ0n) is 23.7. The normalized spacial score (nSPS) is 26.8. The number of nitrogens with zero attached hydrogens (tertiary/aromatic N) is 2. The number of halogens is 1. The number of amides is 1. The molecular formula is C30H38FN3O5. The van der Waals surface area contributed by atoms with Gasteiger partial charge in [0, 0.05) is 47.7 Å². The summed E-state index contributed by atoms with van der Waals surface area (Å²) in [5, 5.41) is 0. The summed E-state index contributed by atoms with van der Waals surface area (Å²) < 4.78 is 34.6. The molecule has 210 valence electrons. The molecule has 1 spiro atoms. The lowest BCUT2D eigenvalue weighted by Crippen LogP contribution is -2.46. The molecule has 2 aliphatic heterocycles. The molecule has 2 aliphatic carbocycles. The Morgan fingerprint density at radius 3 is 2.41 bits per heavy atom. The van der Waals surface area contributed by atoms with Gasteiger partial charge in [0.2, 0.25) is 5.75 Å².